The summed E-state index contributed by atoms with van der Waals surface area (Å²) in [7, 11) is -1.88. The molecule has 1 aliphatic rings. The third kappa shape index (κ3) is 4.46. The Morgan fingerprint density at radius 3 is 2.38 bits per heavy atom. The minimum atomic E-state index is -1.88. The highest BCUT2D eigenvalue weighted by Crippen LogP contribution is 2.39. The Balaban J connectivity index is 1.86. The van der Waals surface area contributed by atoms with Crippen molar-refractivity contribution in [3.8, 4) is 0 Å². The van der Waals surface area contributed by atoms with E-state index in [2.05, 4.69) is 39.2 Å². The molecule has 1 saturated heterocycles. The Hall–Kier alpha value is -1.17. The van der Waals surface area contributed by atoms with E-state index >= 15 is 0 Å². The Morgan fingerprint density at radius 2 is 1.83 bits per heavy atom. The SMILES string of the molecule is C[C@@H](O[Si](C)(C)C(C)(C)C)[C@H]1C(=O)N[C@H]1COCc1ccccc1. The van der Waals surface area contributed by atoms with Crippen LogP contribution < -0.4 is 5.32 Å². The fourth-order valence-electron chi connectivity index (χ4n) is 2.73. The monoisotopic (exact) mass is 349 g/mol. The van der Waals surface area contributed by atoms with Gasteiger partial charge in [0.1, 0.15) is 0 Å². The first-order valence-electron chi connectivity index (χ1n) is 8.72. The molecule has 0 aromatic heterocycles. The number of rotatable bonds is 7. The lowest BCUT2D eigenvalue weighted by Gasteiger charge is -2.45. The van der Waals surface area contributed by atoms with Crippen LogP contribution in [0.4, 0.5) is 0 Å². The molecule has 0 bridgehead atoms. The first-order chi connectivity index (χ1) is 11.1. The summed E-state index contributed by atoms with van der Waals surface area (Å²) >= 11 is 0. The van der Waals surface area contributed by atoms with Gasteiger partial charge >= 0.3 is 0 Å². The minimum absolute atomic E-state index is 0.0426. The summed E-state index contributed by atoms with van der Waals surface area (Å²) in [6.07, 6.45) is -0.0787. The summed E-state index contributed by atoms with van der Waals surface area (Å²) in [5.74, 6) is -0.0376. The molecule has 134 valence electrons. The van der Waals surface area contributed by atoms with Gasteiger partial charge in [0, 0.05) is 0 Å². The van der Waals surface area contributed by atoms with Crippen LogP contribution in [0.1, 0.15) is 33.3 Å². The summed E-state index contributed by atoms with van der Waals surface area (Å²) in [4.78, 5) is 12.0. The molecule has 1 amide bonds. The number of benzene rings is 1. The highest BCUT2D eigenvalue weighted by atomic mass is 28.4. The van der Waals surface area contributed by atoms with Crippen LogP contribution in [0.5, 0.6) is 0 Å². The molecule has 0 saturated carbocycles. The Morgan fingerprint density at radius 1 is 1.21 bits per heavy atom. The maximum atomic E-state index is 12.0. The zero-order valence-corrected chi connectivity index (χ0v) is 16.8. The van der Waals surface area contributed by atoms with Gasteiger partial charge in [0.25, 0.3) is 0 Å². The number of nitrogens with one attached hydrogen (secondary N) is 1. The molecule has 1 aliphatic heterocycles. The molecule has 3 atom stereocenters. The number of ether oxygens (including phenoxy) is 1. The normalized spacial score (nSPS) is 22.7. The Bertz CT molecular complexity index is 553. The van der Waals surface area contributed by atoms with Gasteiger partial charge in [0.2, 0.25) is 5.91 Å². The molecule has 1 heterocycles. The average molecular weight is 350 g/mol. The third-order valence-corrected chi connectivity index (χ3v) is 9.84. The second kappa shape index (κ2) is 7.38. The first kappa shape index (κ1) is 19.2. The number of amides is 1. The van der Waals surface area contributed by atoms with Crippen LogP contribution in [0.2, 0.25) is 18.1 Å². The highest BCUT2D eigenvalue weighted by molar-refractivity contribution is 6.74. The zero-order chi connectivity index (χ0) is 18.0. The standard InChI is InChI=1S/C19H31NO3Si/c1-14(23-24(5,6)19(2,3)4)17-16(20-18(17)21)13-22-12-15-10-8-7-9-11-15/h7-11,14,16-17H,12-13H2,1-6H3,(H,20,21)/t14-,16+,17-/m1/s1. The lowest BCUT2D eigenvalue weighted by atomic mass is 9.87. The third-order valence-electron chi connectivity index (χ3n) is 5.27. The second-order valence-electron chi connectivity index (χ2n) is 8.22. The van der Waals surface area contributed by atoms with E-state index in [-0.39, 0.29) is 29.0 Å². The van der Waals surface area contributed by atoms with Crippen LogP contribution in [0.15, 0.2) is 30.3 Å². The average Bonchev–Trinajstić information content (AvgIpc) is 2.45. The summed E-state index contributed by atoms with van der Waals surface area (Å²) in [6, 6.07) is 10.1. The Labute approximate surface area is 147 Å². The van der Waals surface area contributed by atoms with Gasteiger partial charge in [-0.1, -0.05) is 51.1 Å². The zero-order valence-electron chi connectivity index (χ0n) is 15.8. The Kier molecular flexibility index (Phi) is 5.89. The molecule has 0 radical (unpaired) electrons. The van der Waals surface area contributed by atoms with Gasteiger partial charge in [-0.2, -0.15) is 0 Å². The number of carbonyl (C=O) groups excluding carboxylic acids is 1. The van der Waals surface area contributed by atoms with E-state index < -0.39 is 8.32 Å². The first-order valence-corrected chi connectivity index (χ1v) is 11.6. The van der Waals surface area contributed by atoms with E-state index in [1.807, 2.05) is 37.3 Å². The molecular weight excluding hydrogens is 318 g/mol. The fraction of sp³-hybridized carbons (Fsp3) is 0.632. The van der Waals surface area contributed by atoms with Crippen molar-refractivity contribution in [2.24, 2.45) is 5.92 Å². The topological polar surface area (TPSA) is 47.6 Å². The molecule has 1 N–H and O–H groups in total. The van der Waals surface area contributed by atoms with Gasteiger partial charge in [-0.25, -0.2) is 0 Å². The van der Waals surface area contributed by atoms with Crippen LogP contribution in [0, 0.1) is 5.92 Å². The molecule has 2 rings (SSSR count). The van der Waals surface area contributed by atoms with Crippen LogP contribution in [-0.4, -0.2) is 33.0 Å². The minimum Gasteiger partial charge on any atom is -0.413 e. The molecule has 0 unspecified atom stereocenters. The van der Waals surface area contributed by atoms with Gasteiger partial charge in [0.05, 0.1) is 31.3 Å². The van der Waals surface area contributed by atoms with Crippen molar-refractivity contribution in [1.82, 2.24) is 5.32 Å². The molecule has 0 spiro atoms. The van der Waals surface area contributed by atoms with Gasteiger partial charge in [0.15, 0.2) is 8.32 Å². The summed E-state index contributed by atoms with van der Waals surface area (Å²) < 4.78 is 12.2. The van der Waals surface area contributed by atoms with Crippen LogP contribution in [0.3, 0.4) is 0 Å². The van der Waals surface area contributed by atoms with Crippen molar-refractivity contribution in [2.45, 2.75) is 64.6 Å². The van der Waals surface area contributed by atoms with E-state index in [0.717, 1.165) is 5.56 Å². The molecule has 5 heteroatoms. The lowest BCUT2D eigenvalue weighted by Crippen LogP contribution is -2.65. The van der Waals surface area contributed by atoms with Crippen molar-refractivity contribution in [3.63, 3.8) is 0 Å². The van der Waals surface area contributed by atoms with E-state index in [0.29, 0.717) is 13.2 Å². The van der Waals surface area contributed by atoms with Crippen molar-refractivity contribution in [3.05, 3.63) is 35.9 Å². The second-order valence-corrected chi connectivity index (χ2v) is 13.0. The van der Waals surface area contributed by atoms with Gasteiger partial charge in [-0.15, -0.1) is 0 Å². The summed E-state index contributed by atoms with van der Waals surface area (Å²) in [6.45, 7) is 14.2. The maximum Gasteiger partial charge on any atom is 0.228 e. The van der Waals surface area contributed by atoms with E-state index in [1.165, 1.54) is 0 Å². The van der Waals surface area contributed by atoms with E-state index in [4.69, 9.17) is 9.16 Å². The van der Waals surface area contributed by atoms with Crippen LogP contribution in [0.25, 0.3) is 0 Å². The summed E-state index contributed by atoms with van der Waals surface area (Å²) in [5.41, 5.74) is 1.14. The quantitative estimate of drug-likeness (QED) is 0.603. The highest BCUT2D eigenvalue weighted by Gasteiger charge is 2.47. The number of carbonyl (C=O) groups is 1. The van der Waals surface area contributed by atoms with Crippen molar-refractivity contribution >= 4 is 14.2 Å². The molecule has 24 heavy (non-hydrogen) atoms. The number of hydrogen-bond acceptors (Lipinski definition) is 3. The predicted octanol–water partition coefficient (Wildman–Crippen LogP) is 3.73. The van der Waals surface area contributed by atoms with Crippen LogP contribution in [-0.2, 0) is 20.6 Å². The molecule has 0 aliphatic carbocycles. The van der Waals surface area contributed by atoms with Crippen LogP contribution >= 0.6 is 0 Å². The maximum absolute atomic E-state index is 12.0. The lowest BCUT2D eigenvalue weighted by molar-refractivity contribution is -0.142. The molecule has 4 nitrogen and oxygen atoms in total. The molecule has 1 aromatic rings. The molecular formula is C19H31NO3Si. The van der Waals surface area contributed by atoms with Gasteiger partial charge in [-0.3, -0.25) is 4.79 Å². The van der Waals surface area contributed by atoms with Crippen molar-refractivity contribution in [1.29, 1.82) is 0 Å². The van der Waals surface area contributed by atoms with E-state index in [1.54, 1.807) is 0 Å². The van der Waals surface area contributed by atoms with Gasteiger partial charge < -0.3 is 14.5 Å². The fourth-order valence-corrected chi connectivity index (χ4v) is 4.16. The predicted molar refractivity (Wildman–Crippen MR) is 99.3 cm³/mol. The molecule has 1 aromatic carbocycles. The van der Waals surface area contributed by atoms with Gasteiger partial charge in [-0.05, 0) is 30.6 Å². The number of β-lactam (4-membered cyclic amide) rings is 1. The summed E-state index contributed by atoms with van der Waals surface area (Å²) in [5, 5.41) is 3.10. The van der Waals surface area contributed by atoms with Crippen molar-refractivity contribution < 1.29 is 14.0 Å². The largest absolute Gasteiger partial charge is 0.413 e. The smallest absolute Gasteiger partial charge is 0.228 e. The van der Waals surface area contributed by atoms with Crippen molar-refractivity contribution in [2.75, 3.05) is 6.61 Å². The van der Waals surface area contributed by atoms with E-state index in [9.17, 15) is 4.79 Å². The molecule has 1 fully saturated rings. The number of hydrogen-bond donors (Lipinski definition) is 1.